The Labute approximate surface area is 120 Å². The number of nitrogens with zero attached hydrogens (tertiary/aromatic N) is 2. The molecule has 6 heteroatoms. The first-order valence-electron chi connectivity index (χ1n) is 7.53. The summed E-state index contributed by atoms with van der Waals surface area (Å²) in [7, 11) is 1.62. The van der Waals surface area contributed by atoms with Gasteiger partial charge in [0.2, 0.25) is 5.91 Å². The average molecular weight is 283 g/mol. The maximum atomic E-state index is 12.2. The van der Waals surface area contributed by atoms with Crippen molar-refractivity contribution in [2.45, 2.75) is 38.1 Å². The van der Waals surface area contributed by atoms with Crippen molar-refractivity contribution in [3.05, 3.63) is 0 Å². The first kappa shape index (κ1) is 15.1. The zero-order valence-corrected chi connectivity index (χ0v) is 12.3. The Kier molecular flexibility index (Phi) is 5.64. The van der Waals surface area contributed by atoms with Crippen molar-refractivity contribution in [3.63, 3.8) is 0 Å². The molecule has 0 aliphatic carbocycles. The van der Waals surface area contributed by atoms with Gasteiger partial charge >= 0.3 is 6.03 Å². The van der Waals surface area contributed by atoms with Crippen LogP contribution in [0.1, 0.15) is 32.1 Å². The summed E-state index contributed by atoms with van der Waals surface area (Å²) >= 11 is 0. The van der Waals surface area contributed by atoms with E-state index in [0.29, 0.717) is 26.1 Å². The van der Waals surface area contributed by atoms with Gasteiger partial charge in [0.1, 0.15) is 0 Å². The van der Waals surface area contributed by atoms with Crippen molar-refractivity contribution in [2.24, 2.45) is 0 Å². The highest BCUT2D eigenvalue weighted by atomic mass is 16.5. The fraction of sp³-hybridized carbons (Fsp3) is 0.857. The van der Waals surface area contributed by atoms with E-state index in [1.807, 2.05) is 9.80 Å². The molecule has 2 aliphatic heterocycles. The Morgan fingerprint density at radius 1 is 1.35 bits per heavy atom. The Balaban J connectivity index is 1.87. The molecule has 2 heterocycles. The Morgan fingerprint density at radius 2 is 2.20 bits per heavy atom. The van der Waals surface area contributed by atoms with Crippen LogP contribution < -0.4 is 5.32 Å². The summed E-state index contributed by atoms with van der Waals surface area (Å²) in [6.07, 6.45) is 4.77. The summed E-state index contributed by atoms with van der Waals surface area (Å²) in [6, 6.07) is 0.131. The van der Waals surface area contributed by atoms with Gasteiger partial charge in [-0.05, 0) is 25.7 Å². The highest BCUT2D eigenvalue weighted by Gasteiger charge is 2.30. The van der Waals surface area contributed by atoms with Gasteiger partial charge in [0.15, 0.2) is 0 Å². The van der Waals surface area contributed by atoms with Crippen molar-refractivity contribution in [3.8, 4) is 0 Å². The van der Waals surface area contributed by atoms with E-state index >= 15 is 0 Å². The molecule has 1 N–H and O–H groups in total. The van der Waals surface area contributed by atoms with Crippen molar-refractivity contribution in [1.82, 2.24) is 15.1 Å². The molecule has 6 nitrogen and oxygen atoms in total. The van der Waals surface area contributed by atoms with Gasteiger partial charge in [-0.25, -0.2) is 4.79 Å². The Hall–Kier alpha value is -1.30. The molecule has 2 saturated heterocycles. The molecule has 1 unspecified atom stereocenters. The van der Waals surface area contributed by atoms with Gasteiger partial charge in [0, 0.05) is 39.7 Å². The summed E-state index contributed by atoms with van der Waals surface area (Å²) in [5, 5.41) is 2.88. The number of carbonyl (C=O) groups excluding carboxylic acids is 2. The van der Waals surface area contributed by atoms with Gasteiger partial charge in [-0.3, -0.25) is 4.79 Å². The first-order valence-corrected chi connectivity index (χ1v) is 7.53. The fourth-order valence-electron chi connectivity index (χ4n) is 2.97. The number of carbonyl (C=O) groups is 2. The lowest BCUT2D eigenvalue weighted by molar-refractivity contribution is -0.128. The molecule has 1 atom stereocenters. The van der Waals surface area contributed by atoms with Crippen molar-refractivity contribution < 1.29 is 14.3 Å². The largest absolute Gasteiger partial charge is 0.383 e. The van der Waals surface area contributed by atoms with Gasteiger partial charge in [-0.2, -0.15) is 0 Å². The molecule has 2 aliphatic rings. The maximum Gasteiger partial charge on any atom is 0.317 e. The molecule has 0 spiro atoms. The predicted molar refractivity (Wildman–Crippen MR) is 75.4 cm³/mol. The predicted octanol–water partition coefficient (Wildman–Crippen LogP) is 0.819. The summed E-state index contributed by atoms with van der Waals surface area (Å²) in [4.78, 5) is 27.7. The normalized spacial score (nSPS) is 23.2. The summed E-state index contributed by atoms with van der Waals surface area (Å²) in [5.41, 5.74) is 0. The monoisotopic (exact) mass is 283 g/mol. The highest BCUT2D eigenvalue weighted by molar-refractivity contribution is 5.78. The number of amides is 3. The number of hydrogen-bond donors (Lipinski definition) is 1. The third-order valence-corrected chi connectivity index (χ3v) is 4.07. The standard InChI is InChI=1S/C14H25N3O3/c1-20-10-7-15-14(19)17-9-3-2-5-12(17)11-16-8-4-6-13(16)18/h12H,2-11H2,1H3,(H,15,19). The van der Waals surface area contributed by atoms with Crippen LogP contribution in [0.5, 0.6) is 0 Å². The number of methoxy groups -OCH3 is 1. The smallest absolute Gasteiger partial charge is 0.317 e. The molecule has 2 rings (SSSR count). The van der Waals surface area contributed by atoms with Crippen LogP contribution >= 0.6 is 0 Å². The van der Waals surface area contributed by atoms with Crippen LogP contribution in [0, 0.1) is 0 Å². The second-order valence-electron chi connectivity index (χ2n) is 5.51. The summed E-state index contributed by atoms with van der Waals surface area (Å²) in [6.45, 7) is 3.37. The molecule has 0 bridgehead atoms. The van der Waals surface area contributed by atoms with Crippen LogP contribution in [-0.2, 0) is 9.53 Å². The number of likely N-dealkylation sites (tertiary alicyclic amines) is 2. The van der Waals surface area contributed by atoms with Crippen LogP contribution in [0.2, 0.25) is 0 Å². The third kappa shape index (κ3) is 3.85. The lowest BCUT2D eigenvalue weighted by Crippen LogP contribution is -2.53. The number of nitrogens with one attached hydrogen (secondary N) is 1. The van der Waals surface area contributed by atoms with Gasteiger partial charge in [0.05, 0.1) is 12.6 Å². The van der Waals surface area contributed by atoms with E-state index in [-0.39, 0.29) is 18.0 Å². The molecule has 0 saturated carbocycles. The minimum Gasteiger partial charge on any atom is -0.383 e. The minimum atomic E-state index is -0.0293. The van der Waals surface area contributed by atoms with Gasteiger partial charge in [-0.1, -0.05) is 0 Å². The summed E-state index contributed by atoms with van der Waals surface area (Å²) < 4.78 is 4.94. The number of urea groups is 1. The number of hydrogen-bond acceptors (Lipinski definition) is 3. The molecule has 0 radical (unpaired) electrons. The molecule has 2 fully saturated rings. The summed E-state index contributed by atoms with van der Waals surface area (Å²) in [5.74, 6) is 0.232. The Morgan fingerprint density at radius 3 is 2.90 bits per heavy atom. The quantitative estimate of drug-likeness (QED) is 0.760. The zero-order chi connectivity index (χ0) is 14.4. The van der Waals surface area contributed by atoms with Gasteiger partial charge in [0.25, 0.3) is 0 Å². The SMILES string of the molecule is COCCNC(=O)N1CCCCC1CN1CCCC1=O. The average Bonchev–Trinajstić information content (AvgIpc) is 2.85. The molecular weight excluding hydrogens is 258 g/mol. The van der Waals surface area contributed by atoms with E-state index in [4.69, 9.17) is 4.74 Å². The topological polar surface area (TPSA) is 61.9 Å². The molecule has 0 aromatic carbocycles. The van der Waals surface area contributed by atoms with E-state index in [1.165, 1.54) is 0 Å². The van der Waals surface area contributed by atoms with Gasteiger partial charge < -0.3 is 19.9 Å². The number of rotatable bonds is 5. The zero-order valence-electron chi connectivity index (χ0n) is 12.3. The fourth-order valence-corrected chi connectivity index (χ4v) is 2.97. The molecule has 0 aromatic heterocycles. The van der Waals surface area contributed by atoms with E-state index in [9.17, 15) is 9.59 Å². The lowest BCUT2D eigenvalue weighted by atomic mass is 10.0. The first-order chi connectivity index (χ1) is 9.72. The Bertz CT molecular complexity index is 349. The molecule has 114 valence electrons. The van der Waals surface area contributed by atoms with Gasteiger partial charge in [-0.15, -0.1) is 0 Å². The van der Waals surface area contributed by atoms with Crippen LogP contribution in [-0.4, -0.2) is 67.7 Å². The van der Waals surface area contributed by atoms with E-state index in [0.717, 1.165) is 38.8 Å². The second-order valence-corrected chi connectivity index (χ2v) is 5.51. The molecule has 3 amide bonds. The molecular formula is C14H25N3O3. The maximum absolute atomic E-state index is 12.2. The number of ether oxygens (including phenoxy) is 1. The lowest BCUT2D eigenvalue weighted by Gasteiger charge is -2.37. The molecule has 0 aromatic rings. The van der Waals surface area contributed by atoms with E-state index in [1.54, 1.807) is 7.11 Å². The van der Waals surface area contributed by atoms with Crippen LogP contribution in [0.15, 0.2) is 0 Å². The number of piperidine rings is 1. The van der Waals surface area contributed by atoms with E-state index in [2.05, 4.69) is 5.32 Å². The van der Waals surface area contributed by atoms with Crippen LogP contribution in [0.25, 0.3) is 0 Å². The van der Waals surface area contributed by atoms with Crippen molar-refractivity contribution >= 4 is 11.9 Å². The van der Waals surface area contributed by atoms with Crippen molar-refractivity contribution in [2.75, 3.05) is 39.9 Å². The van der Waals surface area contributed by atoms with Crippen LogP contribution in [0.3, 0.4) is 0 Å². The second kappa shape index (κ2) is 7.47. The highest BCUT2D eigenvalue weighted by Crippen LogP contribution is 2.20. The van der Waals surface area contributed by atoms with Crippen LogP contribution in [0.4, 0.5) is 4.79 Å². The van der Waals surface area contributed by atoms with Crippen molar-refractivity contribution in [1.29, 1.82) is 0 Å². The minimum absolute atomic E-state index is 0.0293. The molecule has 20 heavy (non-hydrogen) atoms. The van der Waals surface area contributed by atoms with E-state index < -0.39 is 0 Å². The third-order valence-electron chi connectivity index (χ3n) is 4.07.